The van der Waals surface area contributed by atoms with Crippen LogP contribution in [0.3, 0.4) is 0 Å². The number of nitrogens with zero attached hydrogens (tertiary/aromatic N) is 3. The number of amides is 2. The molecule has 0 radical (unpaired) electrons. The van der Waals surface area contributed by atoms with E-state index >= 15 is 0 Å². The summed E-state index contributed by atoms with van der Waals surface area (Å²) in [4.78, 5) is 30.5. The highest BCUT2D eigenvalue weighted by Gasteiger charge is 2.26. The average molecular weight is 397 g/mol. The van der Waals surface area contributed by atoms with Crippen molar-refractivity contribution in [1.29, 1.82) is 0 Å². The number of hydrogen-bond donors (Lipinski definition) is 1. The summed E-state index contributed by atoms with van der Waals surface area (Å²) in [5.74, 6) is 0.417. The van der Waals surface area contributed by atoms with Crippen LogP contribution in [0, 0.1) is 0 Å². The van der Waals surface area contributed by atoms with Crippen LogP contribution in [0.1, 0.15) is 44.9 Å². The molecule has 1 heterocycles. The molecule has 0 bridgehead atoms. The molecule has 2 fully saturated rings. The maximum absolute atomic E-state index is 12.5. The minimum atomic E-state index is 0. The lowest BCUT2D eigenvalue weighted by Crippen LogP contribution is -2.52. The minimum absolute atomic E-state index is 0. The van der Waals surface area contributed by atoms with Crippen molar-refractivity contribution < 1.29 is 9.59 Å². The summed E-state index contributed by atoms with van der Waals surface area (Å²) in [5.41, 5.74) is 5.45. The molecule has 2 rings (SSSR count). The Balaban J connectivity index is 0.00000288. The van der Waals surface area contributed by atoms with Crippen molar-refractivity contribution in [3.63, 3.8) is 0 Å². The Hall–Kier alpha value is -0.560. The van der Waals surface area contributed by atoms with E-state index in [9.17, 15) is 9.59 Å². The van der Waals surface area contributed by atoms with Gasteiger partial charge in [-0.15, -0.1) is 24.8 Å². The van der Waals surface area contributed by atoms with E-state index in [1.54, 1.807) is 0 Å². The first-order valence-corrected chi connectivity index (χ1v) is 9.07. The third-order valence-electron chi connectivity index (χ3n) is 5.19. The highest BCUT2D eigenvalue weighted by atomic mass is 35.5. The van der Waals surface area contributed by atoms with Crippen LogP contribution in [0.25, 0.3) is 0 Å². The molecule has 2 amide bonds. The van der Waals surface area contributed by atoms with Crippen molar-refractivity contribution in [2.75, 3.05) is 46.3 Å². The Bertz CT molecular complexity index is 398. The van der Waals surface area contributed by atoms with Gasteiger partial charge in [0.25, 0.3) is 0 Å². The lowest BCUT2D eigenvalue weighted by molar-refractivity contribution is -0.136. The van der Waals surface area contributed by atoms with E-state index in [2.05, 4.69) is 4.90 Å². The molecule has 0 aromatic heterocycles. The van der Waals surface area contributed by atoms with Gasteiger partial charge in [0.2, 0.25) is 11.8 Å². The van der Waals surface area contributed by atoms with Crippen LogP contribution in [0.5, 0.6) is 0 Å². The smallest absolute Gasteiger partial charge is 0.236 e. The summed E-state index contributed by atoms with van der Waals surface area (Å²) < 4.78 is 0. The Kier molecular flexibility index (Phi) is 12.5. The van der Waals surface area contributed by atoms with Crippen LogP contribution in [0.4, 0.5) is 0 Å². The van der Waals surface area contributed by atoms with Gasteiger partial charge in [0.15, 0.2) is 0 Å². The summed E-state index contributed by atoms with van der Waals surface area (Å²) in [6.07, 6.45) is 7.37. The van der Waals surface area contributed by atoms with E-state index < -0.39 is 0 Å². The van der Waals surface area contributed by atoms with Crippen molar-refractivity contribution in [2.24, 2.45) is 5.73 Å². The molecule has 148 valence electrons. The zero-order chi connectivity index (χ0) is 16.7. The molecular formula is C17H34Cl2N4O2. The quantitative estimate of drug-likeness (QED) is 0.738. The second kappa shape index (κ2) is 12.7. The van der Waals surface area contributed by atoms with E-state index in [0.717, 1.165) is 45.4 Å². The lowest BCUT2D eigenvalue weighted by atomic mass is 9.94. The van der Waals surface area contributed by atoms with Gasteiger partial charge in [0, 0.05) is 45.7 Å². The standard InChI is InChI=1S/C17H32N4O2.2ClH/c1-19(15-6-3-2-4-7-15)17(23)14-20-10-12-21(13-11-20)16(22)8-5-9-18;;/h15H,2-14,18H2,1H3;2*1H. The molecule has 1 saturated heterocycles. The Labute approximate surface area is 164 Å². The number of rotatable bonds is 6. The molecular weight excluding hydrogens is 363 g/mol. The molecule has 25 heavy (non-hydrogen) atoms. The Morgan fingerprint density at radius 1 is 1.04 bits per heavy atom. The van der Waals surface area contributed by atoms with E-state index in [1.807, 2.05) is 16.8 Å². The molecule has 1 aliphatic heterocycles. The van der Waals surface area contributed by atoms with Crippen molar-refractivity contribution in [1.82, 2.24) is 14.7 Å². The van der Waals surface area contributed by atoms with Gasteiger partial charge in [0.1, 0.15) is 0 Å². The molecule has 1 aliphatic carbocycles. The first-order valence-electron chi connectivity index (χ1n) is 9.07. The number of hydrogen-bond acceptors (Lipinski definition) is 4. The highest BCUT2D eigenvalue weighted by molar-refractivity contribution is 5.85. The van der Waals surface area contributed by atoms with Gasteiger partial charge in [-0.3, -0.25) is 14.5 Å². The second-order valence-electron chi connectivity index (χ2n) is 6.85. The van der Waals surface area contributed by atoms with Gasteiger partial charge in [0.05, 0.1) is 6.54 Å². The number of halogens is 2. The Morgan fingerprint density at radius 3 is 2.20 bits per heavy atom. The van der Waals surface area contributed by atoms with E-state index in [0.29, 0.717) is 25.6 Å². The minimum Gasteiger partial charge on any atom is -0.342 e. The third kappa shape index (κ3) is 7.69. The fraction of sp³-hybridized carbons (Fsp3) is 0.882. The summed E-state index contributed by atoms with van der Waals surface area (Å²) in [5, 5.41) is 0. The number of nitrogens with two attached hydrogens (primary N) is 1. The van der Waals surface area contributed by atoms with E-state index in [1.165, 1.54) is 19.3 Å². The average Bonchev–Trinajstić information content (AvgIpc) is 2.60. The molecule has 2 aliphatic rings. The number of carbonyl (C=O) groups is 2. The molecule has 6 nitrogen and oxygen atoms in total. The molecule has 8 heteroatoms. The number of piperazine rings is 1. The van der Waals surface area contributed by atoms with Gasteiger partial charge in [-0.1, -0.05) is 19.3 Å². The van der Waals surface area contributed by atoms with E-state index in [-0.39, 0.29) is 36.6 Å². The monoisotopic (exact) mass is 396 g/mol. The lowest BCUT2D eigenvalue weighted by Gasteiger charge is -2.37. The van der Waals surface area contributed by atoms with Gasteiger partial charge in [-0.05, 0) is 25.8 Å². The number of carbonyl (C=O) groups excluding carboxylic acids is 2. The summed E-state index contributed by atoms with van der Waals surface area (Å²) in [6, 6.07) is 0.426. The molecule has 0 aromatic rings. The van der Waals surface area contributed by atoms with Gasteiger partial charge < -0.3 is 15.5 Å². The second-order valence-corrected chi connectivity index (χ2v) is 6.85. The maximum Gasteiger partial charge on any atom is 0.236 e. The van der Waals surface area contributed by atoms with Crippen molar-refractivity contribution in [3.8, 4) is 0 Å². The summed E-state index contributed by atoms with van der Waals surface area (Å²) in [7, 11) is 1.95. The molecule has 2 N–H and O–H groups in total. The molecule has 0 spiro atoms. The predicted molar refractivity (Wildman–Crippen MR) is 105 cm³/mol. The van der Waals surface area contributed by atoms with Crippen molar-refractivity contribution in [3.05, 3.63) is 0 Å². The SMILES string of the molecule is CN(C(=O)CN1CCN(C(=O)CCCN)CC1)C1CCCCC1.Cl.Cl. The summed E-state index contributed by atoms with van der Waals surface area (Å²) >= 11 is 0. The third-order valence-corrected chi connectivity index (χ3v) is 5.19. The maximum atomic E-state index is 12.5. The van der Waals surface area contributed by atoms with Crippen LogP contribution in [0.15, 0.2) is 0 Å². The van der Waals surface area contributed by atoms with Crippen LogP contribution in [-0.2, 0) is 9.59 Å². The normalized spacial score (nSPS) is 18.9. The van der Waals surface area contributed by atoms with Crippen LogP contribution in [0.2, 0.25) is 0 Å². The zero-order valence-corrected chi connectivity index (χ0v) is 17.0. The van der Waals surface area contributed by atoms with Gasteiger partial charge in [-0.25, -0.2) is 0 Å². The molecule has 1 saturated carbocycles. The highest BCUT2D eigenvalue weighted by Crippen LogP contribution is 2.21. The Morgan fingerprint density at radius 2 is 1.64 bits per heavy atom. The van der Waals surface area contributed by atoms with Crippen molar-refractivity contribution >= 4 is 36.6 Å². The molecule has 0 aromatic carbocycles. The number of likely N-dealkylation sites (N-methyl/N-ethyl adjacent to an activating group) is 1. The first-order chi connectivity index (χ1) is 11.1. The van der Waals surface area contributed by atoms with Crippen LogP contribution >= 0.6 is 24.8 Å². The fourth-order valence-electron chi connectivity index (χ4n) is 3.54. The van der Waals surface area contributed by atoms with Gasteiger partial charge in [-0.2, -0.15) is 0 Å². The molecule has 0 atom stereocenters. The van der Waals surface area contributed by atoms with Crippen LogP contribution < -0.4 is 5.73 Å². The predicted octanol–water partition coefficient (Wildman–Crippen LogP) is 1.50. The zero-order valence-electron chi connectivity index (χ0n) is 15.3. The molecule has 0 unspecified atom stereocenters. The topological polar surface area (TPSA) is 69.9 Å². The van der Waals surface area contributed by atoms with Crippen LogP contribution in [-0.4, -0.2) is 78.9 Å². The fourth-order valence-corrected chi connectivity index (χ4v) is 3.54. The van der Waals surface area contributed by atoms with E-state index in [4.69, 9.17) is 5.73 Å². The van der Waals surface area contributed by atoms with Gasteiger partial charge >= 0.3 is 0 Å². The summed E-state index contributed by atoms with van der Waals surface area (Å²) in [6.45, 7) is 4.08. The first kappa shape index (κ1) is 24.4. The largest absolute Gasteiger partial charge is 0.342 e. The van der Waals surface area contributed by atoms with Crippen molar-refractivity contribution in [2.45, 2.75) is 51.0 Å².